The lowest BCUT2D eigenvalue weighted by Gasteiger charge is -2.32. The molecule has 1 heterocycles. The van der Waals surface area contributed by atoms with Gasteiger partial charge in [0.1, 0.15) is 5.82 Å². The van der Waals surface area contributed by atoms with E-state index in [1.165, 1.54) is 12.8 Å². The smallest absolute Gasteiger partial charge is 0.142 e. The van der Waals surface area contributed by atoms with E-state index in [0.717, 1.165) is 44.2 Å². The second kappa shape index (κ2) is 7.22. The van der Waals surface area contributed by atoms with E-state index in [0.29, 0.717) is 0 Å². The highest BCUT2D eigenvalue weighted by molar-refractivity contribution is 6.30. The summed E-state index contributed by atoms with van der Waals surface area (Å²) in [4.78, 5) is 2.39. The van der Waals surface area contributed by atoms with Crippen molar-refractivity contribution in [3.05, 3.63) is 34.6 Å². The van der Waals surface area contributed by atoms with Crippen LogP contribution in [0.25, 0.3) is 0 Å². The molecule has 0 aromatic heterocycles. The van der Waals surface area contributed by atoms with Gasteiger partial charge in [0.05, 0.1) is 5.02 Å². The minimum absolute atomic E-state index is 0.202. The van der Waals surface area contributed by atoms with Gasteiger partial charge in [0.25, 0.3) is 0 Å². The SMILES string of the molecule is CCNCC1CCN(Cc2ccc(Cl)c(F)c2)CC1. The van der Waals surface area contributed by atoms with Crippen molar-refractivity contribution < 1.29 is 4.39 Å². The van der Waals surface area contributed by atoms with E-state index in [-0.39, 0.29) is 10.8 Å². The van der Waals surface area contributed by atoms with Crippen LogP contribution in [0.5, 0.6) is 0 Å². The predicted molar refractivity (Wildman–Crippen MR) is 78.0 cm³/mol. The number of benzene rings is 1. The number of nitrogens with zero attached hydrogens (tertiary/aromatic N) is 1. The number of nitrogens with one attached hydrogen (secondary N) is 1. The lowest BCUT2D eigenvalue weighted by molar-refractivity contribution is 0.175. The Kier molecular flexibility index (Phi) is 5.61. The first kappa shape index (κ1) is 14.8. The molecule has 2 nitrogen and oxygen atoms in total. The van der Waals surface area contributed by atoms with E-state index in [1.807, 2.05) is 6.07 Å². The van der Waals surface area contributed by atoms with E-state index in [4.69, 9.17) is 11.6 Å². The highest BCUT2D eigenvalue weighted by atomic mass is 35.5. The number of halogens is 2. The highest BCUT2D eigenvalue weighted by Gasteiger charge is 2.18. The number of hydrogen-bond donors (Lipinski definition) is 1. The maximum absolute atomic E-state index is 13.4. The first-order valence-corrected chi connectivity index (χ1v) is 7.44. The quantitative estimate of drug-likeness (QED) is 0.892. The van der Waals surface area contributed by atoms with Crippen LogP contribution in [0, 0.1) is 11.7 Å². The van der Waals surface area contributed by atoms with E-state index in [1.54, 1.807) is 12.1 Å². The van der Waals surface area contributed by atoms with Crippen LogP contribution in [0.15, 0.2) is 18.2 Å². The Hall–Kier alpha value is -0.640. The number of hydrogen-bond acceptors (Lipinski definition) is 2. The third-order valence-corrected chi connectivity index (χ3v) is 4.09. The minimum Gasteiger partial charge on any atom is -0.317 e. The largest absolute Gasteiger partial charge is 0.317 e. The molecule has 1 aromatic rings. The van der Waals surface area contributed by atoms with E-state index in [9.17, 15) is 4.39 Å². The molecule has 0 aliphatic carbocycles. The molecule has 0 saturated carbocycles. The van der Waals surface area contributed by atoms with Crippen molar-refractivity contribution in [2.45, 2.75) is 26.3 Å². The molecule has 19 heavy (non-hydrogen) atoms. The Balaban J connectivity index is 1.80. The van der Waals surface area contributed by atoms with Crippen molar-refractivity contribution in [1.29, 1.82) is 0 Å². The molecular weight excluding hydrogens is 263 g/mol. The van der Waals surface area contributed by atoms with Crippen LogP contribution in [0.3, 0.4) is 0 Å². The van der Waals surface area contributed by atoms with Crippen LogP contribution in [-0.2, 0) is 6.54 Å². The summed E-state index contributed by atoms with van der Waals surface area (Å²) in [7, 11) is 0. The van der Waals surface area contributed by atoms with Crippen LogP contribution in [0.1, 0.15) is 25.3 Å². The Labute approximate surface area is 119 Å². The standard InChI is InChI=1S/C15H22ClFN2/c1-2-18-10-12-5-7-19(8-6-12)11-13-3-4-14(16)15(17)9-13/h3-4,9,12,18H,2,5-8,10-11H2,1H3. The average molecular weight is 285 g/mol. The monoisotopic (exact) mass is 284 g/mol. The molecule has 0 amide bonds. The number of piperidine rings is 1. The van der Waals surface area contributed by atoms with Crippen molar-refractivity contribution in [2.24, 2.45) is 5.92 Å². The van der Waals surface area contributed by atoms with Gasteiger partial charge in [-0.05, 0) is 62.6 Å². The zero-order valence-corrected chi connectivity index (χ0v) is 12.2. The summed E-state index contributed by atoms with van der Waals surface area (Å²) in [5.41, 5.74) is 1.01. The molecule has 0 radical (unpaired) electrons. The fourth-order valence-electron chi connectivity index (χ4n) is 2.59. The summed E-state index contributed by atoms with van der Waals surface area (Å²) in [6.45, 7) is 7.33. The summed E-state index contributed by atoms with van der Waals surface area (Å²) >= 11 is 5.70. The summed E-state index contributed by atoms with van der Waals surface area (Å²) in [5, 5.41) is 3.62. The fraction of sp³-hybridized carbons (Fsp3) is 0.600. The Morgan fingerprint density at radius 1 is 1.37 bits per heavy atom. The topological polar surface area (TPSA) is 15.3 Å². The molecule has 1 fully saturated rings. The lowest BCUT2D eigenvalue weighted by atomic mass is 9.96. The van der Waals surface area contributed by atoms with Gasteiger partial charge in [0.15, 0.2) is 0 Å². The van der Waals surface area contributed by atoms with Gasteiger partial charge in [-0.3, -0.25) is 4.90 Å². The van der Waals surface area contributed by atoms with Gasteiger partial charge >= 0.3 is 0 Å². The van der Waals surface area contributed by atoms with Crippen molar-refractivity contribution in [3.63, 3.8) is 0 Å². The zero-order valence-electron chi connectivity index (χ0n) is 11.5. The molecule has 0 unspecified atom stereocenters. The van der Waals surface area contributed by atoms with Crippen molar-refractivity contribution in [3.8, 4) is 0 Å². The maximum Gasteiger partial charge on any atom is 0.142 e. The number of rotatable bonds is 5. The fourth-order valence-corrected chi connectivity index (χ4v) is 2.71. The number of likely N-dealkylation sites (tertiary alicyclic amines) is 1. The van der Waals surface area contributed by atoms with Gasteiger partial charge in [-0.15, -0.1) is 0 Å². The molecule has 1 aliphatic heterocycles. The molecule has 4 heteroatoms. The zero-order chi connectivity index (χ0) is 13.7. The lowest BCUT2D eigenvalue weighted by Crippen LogP contribution is -2.36. The molecule has 1 saturated heterocycles. The van der Waals surface area contributed by atoms with Crippen molar-refractivity contribution >= 4 is 11.6 Å². The molecular formula is C15H22ClFN2. The van der Waals surface area contributed by atoms with E-state index >= 15 is 0 Å². The van der Waals surface area contributed by atoms with Crippen molar-refractivity contribution in [2.75, 3.05) is 26.2 Å². The average Bonchev–Trinajstić information content (AvgIpc) is 2.42. The third kappa shape index (κ3) is 4.44. The van der Waals surface area contributed by atoms with E-state index < -0.39 is 0 Å². The van der Waals surface area contributed by atoms with Gasteiger partial charge in [-0.1, -0.05) is 24.6 Å². The first-order valence-electron chi connectivity index (χ1n) is 7.06. The van der Waals surface area contributed by atoms with Gasteiger partial charge in [-0.2, -0.15) is 0 Å². The Morgan fingerprint density at radius 2 is 2.11 bits per heavy atom. The molecule has 1 aliphatic rings. The van der Waals surface area contributed by atoms with Crippen LogP contribution in [-0.4, -0.2) is 31.1 Å². The van der Waals surface area contributed by atoms with Gasteiger partial charge in [-0.25, -0.2) is 4.39 Å². The molecule has 0 spiro atoms. The molecule has 106 valence electrons. The summed E-state index contributed by atoms with van der Waals surface area (Å²) in [6.07, 6.45) is 2.45. The molecule has 0 bridgehead atoms. The summed E-state index contributed by atoms with van der Waals surface area (Å²) in [6, 6.07) is 5.10. The molecule has 0 atom stereocenters. The Bertz CT molecular complexity index is 403. The van der Waals surface area contributed by atoms with Gasteiger partial charge in [0, 0.05) is 6.54 Å². The van der Waals surface area contributed by atoms with Crippen LogP contribution in [0.4, 0.5) is 4.39 Å². The second-order valence-electron chi connectivity index (χ2n) is 5.28. The summed E-state index contributed by atoms with van der Waals surface area (Å²) in [5.74, 6) is 0.472. The molecule has 1 N–H and O–H groups in total. The van der Waals surface area contributed by atoms with E-state index in [2.05, 4.69) is 17.1 Å². The summed E-state index contributed by atoms with van der Waals surface area (Å²) < 4.78 is 13.4. The van der Waals surface area contributed by atoms with Gasteiger partial charge in [0.2, 0.25) is 0 Å². The first-order chi connectivity index (χ1) is 9.19. The third-order valence-electron chi connectivity index (χ3n) is 3.78. The van der Waals surface area contributed by atoms with Crippen LogP contribution < -0.4 is 5.32 Å². The second-order valence-corrected chi connectivity index (χ2v) is 5.68. The van der Waals surface area contributed by atoms with Crippen LogP contribution >= 0.6 is 11.6 Å². The molecule has 1 aromatic carbocycles. The minimum atomic E-state index is -0.318. The highest BCUT2D eigenvalue weighted by Crippen LogP contribution is 2.20. The van der Waals surface area contributed by atoms with Gasteiger partial charge < -0.3 is 5.32 Å². The normalized spacial score (nSPS) is 17.8. The van der Waals surface area contributed by atoms with Crippen molar-refractivity contribution in [1.82, 2.24) is 10.2 Å². The predicted octanol–water partition coefficient (Wildman–Crippen LogP) is 3.30. The maximum atomic E-state index is 13.4. The van der Waals surface area contributed by atoms with Crippen LogP contribution in [0.2, 0.25) is 5.02 Å². The Morgan fingerprint density at radius 3 is 2.74 bits per heavy atom. The molecule has 2 rings (SSSR count).